The van der Waals surface area contributed by atoms with Crippen LogP contribution in [0.15, 0.2) is 279 Å². The summed E-state index contributed by atoms with van der Waals surface area (Å²) in [6.07, 6.45) is 3.95. The number of Topliss-reactive ketones (excluding diaryl/α,β-unsaturated/α-hetero) is 2. The number of fused-ring (bicyclic) bond motifs is 24. The van der Waals surface area contributed by atoms with Crippen molar-refractivity contribution in [2.24, 2.45) is 0 Å². The molecule has 0 atom stereocenters. The zero-order chi connectivity index (χ0) is 98.3. The van der Waals surface area contributed by atoms with Gasteiger partial charge in [-0.25, -0.2) is 0 Å². The van der Waals surface area contributed by atoms with Gasteiger partial charge in [0, 0.05) is 89.0 Å². The Kier molecular flexibility index (Phi) is 23.5. The quantitative estimate of drug-likeness (QED) is 0.0852. The topological polar surface area (TPSA) is 105 Å². The third kappa shape index (κ3) is 17.2. The molecule has 0 aliphatic carbocycles. The molecular weight excluding hydrogens is 1890 g/mol. The van der Waals surface area contributed by atoms with Crippen molar-refractivity contribution in [3.63, 3.8) is 0 Å². The van der Waals surface area contributed by atoms with Crippen molar-refractivity contribution in [1.29, 1.82) is 0 Å². The fourth-order valence-corrected chi connectivity index (χ4v) is 20.5. The Labute approximate surface area is 836 Å². The molecule has 10 nitrogen and oxygen atoms in total. The minimum Gasteiger partial charge on any atom is -0.327 e. The average molecular weight is 2010 g/mol. The smallest absolute Gasteiger partial charge is 0.327 e. The van der Waals surface area contributed by atoms with Gasteiger partial charge in [0.05, 0.1) is 73.0 Å². The van der Waals surface area contributed by atoms with E-state index in [1.54, 1.807) is 0 Å². The molecule has 0 saturated heterocycles. The van der Waals surface area contributed by atoms with Gasteiger partial charge in [-0.1, -0.05) is 309 Å². The monoisotopic (exact) mass is 2010 g/mol. The van der Waals surface area contributed by atoms with E-state index in [1.165, 1.54) is 146 Å². The Hall–Kier alpha value is -13.6. The first-order chi connectivity index (χ1) is 65.6. The van der Waals surface area contributed by atoms with Gasteiger partial charge in [-0.15, -0.1) is 47.2 Å². The number of nitrogens with zero attached hydrogens (tertiary/aromatic N) is 8. The van der Waals surface area contributed by atoms with Gasteiger partial charge in [-0.05, 0) is 245 Å². The van der Waals surface area contributed by atoms with Crippen LogP contribution in [0, 0.1) is 12.1 Å². The zero-order valence-corrected chi connectivity index (χ0v) is 88.4. The van der Waals surface area contributed by atoms with Crippen molar-refractivity contribution in [3.05, 3.63) is 336 Å². The molecule has 140 heavy (non-hydrogen) atoms. The van der Waals surface area contributed by atoms with Crippen molar-refractivity contribution in [2.75, 3.05) is 0 Å². The van der Waals surface area contributed by atoms with Crippen LogP contribution in [0.25, 0.3) is 198 Å². The molecule has 0 spiro atoms. The SMILES string of the molecule is CC(=O)CC(C)=O.CC(C)(C)c1ccc2c(c1)c1cc(C(C)(C)C)ccc1n2-c1[c-]c2c(cc1)c1ccc(-n3c4ccc(C(C)(C)C)cc4c4cc(C(C)(C)C)ccc43)cc1c1nc(-c3ccccc3)cnc21.CC(C)(C)c1ccc2c(c1)c1cc(C(C)(C)C)ccc1n2-c1[c-]c2c(cc1)c1ccc(-n3c4ccc(C(C)(C)C)cc4c4cc(C(C)(C)C)ccc43)cc1c1nc(-c3ccccc3)cnc21.[Ir+3]. The molecule has 0 amide bonds. The Bertz CT molecular complexity index is 8040. The van der Waals surface area contributed by atoms with E-state index in [0.717, 1.165) is 110 Å². The number of aromatic nitrogens is 8. The van der Waals surface area contributed by atoms with E-state index in [9.17, 15) is 9.59 Å². The van der Waals surface area contributed by atoms with Crippen molar-refractivity contribution < 1.29 is 29.7 Å². The molecule has 0 aliphatic heterocycles. The van der Waals surface area contributed by atoms with Crippen molar-refractivity contribution in [1.82, 2.24) is 38.2 Å². The summed E-state index contributed by atoms with van der Waals surface area (Å²) in [5.41, 5.74) is 31.5. The minimum atomic E-state index is -0.0625. The summed E-state index contributed by atoms with van der Waals surface area (Å²) >= 11 is 0. The maximum atomic E-state index is 10.0. The van der Waals surface area contributed by atoms with Crippen LogP contribution < -0.4 is 0 Å². The first-order valence-electron chi connectivity index (χ1n) is 49.3. The van der Waals surface area contributed by atoms with Gasteiger partial charge in [-0.2, -0.15) is 0 Å². The Balaban J connectivity index is 0.000000166. The first kappa shape index (κ1) is 95.4. The molecule has 6 heterocycles. The Morgan fingerprint density at radius 2 is 0.471 bits per heavy atom. The van der Waals surface area contributed by atoms with Gasteiger partial charge in [0.15, 0.2) is 0 Å². The number of carbonyl (C=O) groups excluding carboxylic acids is 2. The molecule has 0 aliphatic rings. The van der Waals surface area contributed by atoms with Gasteiger partial charge in [0.2, 0.25) is 0 Å². The largest absolute Gasteiger partial charge is 3.00 e. The molecule has 0 unspecified atom stereocenters. The second kappa shape index (κ2) is 34.4. The van der Waals surface area contributed by atoms with E-state index < -0.39 is 0 Å². The predicted molar refractivity (Wildman–Crippen MR) is 591 cm³/mol. The molecule has 0 saturated carbocycles. The van der Waals surface area contributed by atoms with Gasteiger partial charge < -0.3 is 28.2 Å². The first-order valence-corrected chi connectivity index (χ1v) is 49.3. The number of rotatable bonds is 8. The summed E-state index contributed by atoms with van der Waals surface area (Å²) in [5, 5.41) is 18.6. The molecule has 0 N–H and O–H groups in total. The van der Waals surface area contributed by atoms with Crippen LogP contribution in [0.3, 0.4) is 0 Å². The Morgan fingerprint density at radius 1 is 0.243 bits per heavy atom. The summed E-state index contributed by atoms with van der Waals surface area (Å²) in [7, 11) is 0. The van der Waals surface area contributed by atoms with Crippen molar-refractivity contribution in [2.45, 2.75) is 230 Å². The molecule has 11 heteroatoms. The molecular formula is C129H126IrN8O2+. The van der Waals surface area contributed by atoms with Crippen LogP contribution in [-0.4, -0.2) is 49.8 Å². The number of benzene rings is 16. The number of carbonyl (C=O) groups is 2. The van der Waals surface area contributed by atoms with E-state index in [2.05, 4.69) is 451 Å². The van der Waals surface area contributed by atoms with E-state index in [1.807, 2.05) is 24.5 Å². The predicted octanol–water partition coefficient (Wildman–Crippen LogP) is 34.1. The molecule has 0 fully saturated rings. The van der Waals surface area contributed by atoms with Gasteiger partial charge >= 0.3 is 20.1 Å². The van der Waals surface area contributed by atoms with E-state index in [-0.39, 0.29) is 81.4 Å². The number of hydrogen-bond donors (Lipinski definition) is 0. The van der Waals surface area contributed by atoms with Crippen LogP contribution in [0.1, 0.15) is 231 Å². The summed E-state index contributed by atoms with van der Waals surface area (Å²) in [6.45, 7) is 57.9. The number of ketones is 2. The van der Waals surface area contributed by atoms with E-state index >= 15 is 0 Å². The summed E-state index contributed by atoms with van der Waals surface area (Å²) in [6, 6.07) is 108. The summed E-state index contributed by atoms with van der Waals surface area (Å²) in [5.74, 6) is -0.125. The Morgan fingerprint density at radius 3 is 0.693 bits per heavy atom. The third-order valence-electron chi connectivity index (χ3n) is 28.6. The molecule has 22 aromatic rings. The second-order valence-electron chi connectivity index (χ2n) is 47.1. The minimum absolute atomic E-state index is 0. The van der Waals surface area contributed by atoms with Crippen LogP contribution in [0.4, 0.5) is 0 Å². The maximum absolute atomic E-state index is 10.0. The molecule has 702 valence electrons. The zero-order valence-electron chi connectivity index (χ0n) is 86.0. The molecule has 22 rings (SSSR count). The normalized spacial score (nSPS) is 12.8. The standard InChI is InChI=1S/2C62H59N4.C5H8O2.Ir/c2*1-59(2,3)38-18-26-53-46(30-38)47-31-39(60(4,5)6)19-27-54(47)65(53)42-22-24-44-45-25-23-43(35-51(45)58-57(50(44)34-42)63-36-52(64-58)37-16-14-13-15-17-37)66-55-28-20-40(61(7,8)9)32-48(55)49-33-41(62(10,11)12)21-29-56(49)66;1-4(6)3-5(2)7;/h2*13-33,35-36H,1-12H3;3H2,1-2H3;/q2*-1;;+3. The van der Waals surface area contributed by atoms with Crippen LogP contribution in [0.5, 0.6) is 0 Å². The fraction of sp³-hybridized carbons (Fsp3) is 0.271. The molecule has 0 radical (unpaired) electrons. The van der Waals surface area contributed by atoms with Crippen molar-refractivity contribution in [3.8, 4) is 45.3 Å². The summed E-state index contributed by atoms with van der Waals surface area (Å²) in [4.78, 5) is 41.7. The molecule has 16 aromatic carbocycles. The van der Waals surface area contributed by atoms with Crippen LogP contribution in [0.2, 0.25) is 0 Å². The van der Waals surface area contributed by atoms with Gasteiger partial charge in [-0.3, -0.25) is 19.6 Å². The third-order valence-corrected chi connectivity index (χ3v) is 28.6. The molecule has 6 aromatic heterocycles. The van der Waals surface area contributed by atoms with Crippen molar-refractivity contribution >= 4 is 164 Å². The van der Waals surface area contributed by atoms with E-state index in [0.29, 0.717) is 0 Å². The van der Waals surface area contributed by atoms with Gasteiger partial charge in [0.25, 0.3) is 0 Å². The maximum Gasteiger partial charge on any atom is 3.00 e. The number of hydrogen-bond acceptors (Lipinski definition) is 6. The molecule has 0 bridgehead atoms. The van der Waals surface area contributed by atoms with Crippen LogP contribution in [-0.2, 0) is 73.0 Å². The van der Waals surface area contributed by atoms with Crippen LogP contribution >= 0.6 is 0 Å². The second-order valence-corrected chi connectivity index (χ2v) is 47.1. The van der Waals surface area contributed by atoms with Gasteiger partial charge in [0.1, 0.15) is 11.6 Å². The average Bonchev–Trinajstić information content (AvgIpc) is 1.12. The fourth-order valence-electron chi connectivity index (χ4n) is 20.5. The van der Waals surface area contributed by atoms with E-state index in [4.69, 9.17) is 19.9 Å². The summed E-state index contributed by atoms with van der Waals surface area (Å²) < 4.78 is 9.68.